The summed E-state index contributed by atoms with van der Waals surface area (Å²) in [5.41, 5.74) is 2.49. The molecule has 0 radical (unpaired) electrons. The average Bonchev–Trinajstić information content (AvgIpc) is 2.16. The summed E-state index contributed by atoms with van der Waals surface area (Å²) in [7, 11) is 1.72. The van der Waals surface area contributed by atoms with Gasteiger partial charge in [0.15, 0.2) is 0 Å². The third-order valence-electron chi connectivity index (χ3n) is 2.51. The van der Waals surface area contributed by atoms with Gasteiger partial charge in [0.05, 0.1) is 12.9 Å². The Morgan fingerprint density at radius 2 is 2.21 bits per heavy atom. The lowest BCUT2D eigenvalue weighted by atomic mass is 9.93. The monoisotopic (exact) mass is 194 g/mol. The van der Waals surface area contributed by atoms with Crippen LogP contribution in [0, 0.1) is 0 Å². The first kappa shape index (κ1) is 11.0. The van der Waals surface area contributed by atoms with Crippen LogP contribution in [-0.2, 0) is 9.53 Å². The van der Waals surface area contributed by atoms with Crippen molar-refractivity contribution in [1.29, 1.82) is 0 Å². The topological polar surface area (TPSA) is 26.3 Å². The number of hydrogen-bond acceptors (Lipinski definition) is 2. The summed E-state index contributed by atoms with van der Waals surface area (Å²) in [6.45, 7) is 3.75. The minimum absolute atomic E-state index is 0.243. The molecule has 0 unspecified atom stereocenters. The first-order chi connectivity index (χ1) is 6.67. The van der Waals surface area contributed by atoms with E-state index in [1.165, 1.54) is 11.1 Å². The third kappa shape index (κ3) is 2.72. The molecule has 78 valence electrons. The maximum Gasteiger partial charge on any atom is 0.133 e. The number of allylic oxidation sites excluding steroid dienone is 4. The molecule has 1 rings (SSSR count). The molecule has 1 aliphatic carbocycles. The SMILES string of the molecule is CCC1=C(OC)CCC(CC(C)=O)=C1. The number of ketones is 1. The van der Waals surface area contributed by atoms with Gasteiger partial charge in [0.2, 0.25) is 0 Å². The summed E-state index contributed by atoms with van der Waals surface area (Å²) < 4.78 is 5.30. The van der Waals surface area contributed by atoms with E-state index in [4.69, 9.17) is 4.74 Å². The van der Waals surface area contributed by atoms with Gasteiger partial charge in [-0.1, -0.05) is 18.6 Å². The van der Waals surface area contributed by atoms with Crippen LogP contribution >= 0.6 is 0 Å². The molecule has 1 aliphatic rings. The molecule has 0 fully saturated rings. The molecular weight excluding hydrogens is 176 g/mol. The van der Waals surface area contributed by atoms with Crippen molar-refractivity contribution in [3.05, 3.63) is 23.0 Å². The Labute approximate surface area is 85.6 Å². The quantitative estimate of drug-likeness (QED) is 0.687. The van der Waals surface area contributed by atoms with E-state index in [1.54, 1.807) is 14.0 Å². The van der Waals surface area contributed by atoms with E-state index in [2.05, 4.69) is 13.0 Å². The average molecular weight is 194 g/mol. The molecule has 0 aromatic rings. The molecule has 2 heteroatoms. The Kier molecular flexibility index (Phi) is 3.93. The van der Waals surface area contributed by atoms with E-state index in [0.717, 1.165) is 25.0 Å². The fraction of sp³-hybridized carbons (Fsp3) is 0.583. The molecule has 0 atom stereocenters. The molecule has 0 N–H and O–H groups in total. The second-order valence-corrected chi connectivity index (χ2v) is 3.69. The van der Waals surface area contributed by atoms with Gasteiger partial charge in [0.25, 0.3) is 0 Å². The van der Waals surface area contributed by atoms with Crippen molar-refractivity contribution in [2.75, 3.05) is 7.11 Å². The fourth-order valence-electron chi connectivity index (χ4n) is 1.83. The van der Waals surface area contributed by atoms with Crippen molar-refractivity contribution in [1.82, 2.24) is 0 Å². The number of ether oxygens (including phenoxy) is 1. The molecule has 2 nitrogen and oxygen atoms in total. The Balaban J connectivity index is 2.79. The van der Waals surface area contributed by atoms with Crippen LogP contribution in [0.3, 0.4) is 0 Å². The molecule has 0 heterocycles. The fourth-order valence-corrected chi connectivity index (χ4v) is 1.83. The van der Waals surface area contributed by atoms with Gasteiger partial charge in [-0.25, -0.2) is 0 Å². The summed E-state index contributed by atoms with van der Waals surface area (Å²) >= 11 is 0. The van der Waals surface area contributed by atoms with Gasteiger partial charge in [0.1, 0.15) is 5.78 Å². The van der Waals surface area contributed by atoms with Gasteiger partial charge < -0.3 is 4.74 Å². The molecule has 0 spiro atoms. The van der Waals surface area contributed by atoms with E-state index in [-0.39, 0.29) is 5.78 Å². The molecule has 14 heavy (non-hydrogen) atoms. The van der Waals surface area contributed by atoms with Crippen LogP contribution in [0.1, 0.15) is 39.5 Å². The van der Waals surface area contributed by atoms with Crippen molar-refractivity contribution < 1.29 is 9.53 Å². The first-order valence-electron chi connectivity index (χ1n) is 5.12. The van der Waals surface area contributed by atoms with Gasteiger partial charge in [-0.3, -0.25) is 4.79 Å². The van der Waals surface area contributed by atoms with Gasteiger partial charge in [-0.2, -0.15) is 0 Å². The number of carbonyl (C=O) groups excluding carboxylic acids is 1. The number of rotatable bonds is 4. The maximum absolute atomic E-state index is 11.0. The van der Waals surface area contributed by atoms with Gasteiger partial charge in [-0.05, 0) is 25.3 Å². The smallest absolute Gasteiger partial charge is 0.133 e. The van der Waals surface area contributed by atoms with E-state index >= 15 is 0 Å². The Bertz CT molecular complexity index is 285. The van der Waals surface area contributed by atoms with Gasteiger partial charge >= 0.3 is 0 Å². The second-order valence-electron chi connectivity index (χ2n) is 3.69. The molecule has 0 bridgehead atoms. The summed E-state index contributed by atoms with van der Waals surface area (Å²) in [6, 6.07) is 0. The molecule has 0 aliphatic heterocycles. The van der Waals surface area contributed by atoms with E-state index in [9.17, 15) is 4.79 Å². The Hall–Kier alpha value is -1.05. The Morgan fingerprint density at radius 3 is 2.71 bits per heavy atom. The van der Waals surface area contributed by atoms with Crippen molar-refractivity contribution in [2.24, 2.45) is 0 Å². The first-order valence-corrected chi connectivity index (χ1v) is 5.12. The van der Waals surface area contributed by atoms with Crippen molar-refractivity contribution in [2.45, 2.75) is 39.5 Å². The summed E-state index contributed by atoms with van der Waals surface area (Å²) in [5.74, 6) is 1.33. The highest BCUT2D eigenvalue weighted by molar-refractivity contribution is 5.78. The van der Waals surface area contributed by atoms with E-state index in [1.807, 2.05) is 0 Å². The lowest BCUT2D eigenvalue weighted by Gasteiger charge is -2.18. The predicted octanol–water partition coefficient (Wildman–Crippen LogP) is 3.00. The van der Waals surface area contributed by atoms with Crippen LogP contribution in [0.4, 0.5) is 0 Å². The zero-order chi connectivity index (χ0) is 10.6. The van der Waals surface area contributed by atoms with Crippen LogP contribution in [0.2, 0.25) is 0 Å². The van der Waals surface area contributed by atoms with Crippen molar-refractivity contribution >= 4 is 5.78 Å². The highest BCUT2D eigenvalue weighted by Gasteiger charge is 2.13. The minimum atomic E-state index is 0.243. The zero-order valence-corrected chi connectivity index (χ0v) is 9.22. The lowest BCUT2D eigenvalue weighted by molar-refractivity contribution is -0.116. The normalized spacial score (nSPS) is 16.6. The van der Waals surface area contributed by atoms with Crippen molar-refractivity contribution in [3.8, 4) is 0 Å². The second kappa shape index (κ2) is 4.99. The van der Waals surface area contributed by atoms with Gasteiger partial charge in [-0.15, -0.1) is 0 Å². The lowest BCUT2D eigenvalue weighted by Crippen LogP contribution is -2.03. The van der Waals surface area contributed by atoms with Gasteiger partial charge in [0, 0.05) is 12.8 Å². The van der Waals surface area contributed by atoms with Crippen LogP contribution in [-0.4, -0.2) is 12.9 Å². The van der Waals surface area contributed by atoms with Crippen molar-refractivity contribution in [3.63, 3.8) is 0 Å². The molecule has 0 aromatic carbocycles. The molecule has 0 aromatic heterocycles. The Morgan fingerprint density at radius 1 is 1.50 bits per heavy atom. The van der Waals surface area contributed by atoms with E-state index < -0.39 is 0 Å². The summed E-state index contributed by atoms with van der Waals surface area (Å²) in [5, 5.41) is 0. The number of carbonyl (C=O) groups is 1. The molecule has 0 saturated carbocycles. The standard InChI is InChI=1S/C12H18O2/c1-4-11-8-10(7-9(2)13)5-6-12(11)14-3/h8H,4-7H2,1-3H3. The van der Waals surface area contributed by atoms with Crippen LogP contribution in [0.15, 0.2) is 23.0 Å². The predicted molar refractivity (Wildman–Crippen MR) is 56.9 cm³/mol. The van der Waals surface area contributed by atoms with E-state index in [0.29, 0.717) is 6.42 Å². The van der Waals surface area contributed by atoms with Crippen LogP contribution in [0.5, 0.6) is 0 Å². The number of Topliss-reactive ketones (excluding diaryl/α,β-unsaturated/α-hetero) is 1. The highest BCUT2D eigenvalue weighted by Crippen LogP contribution is 2.27. The molecular formula is C12H18O2. The summed E-state index contributed by atoms with van der Waals surface area (Å²) in [4.78, 5) is 11.0. The zero-order valence-electron chi connectivity index (χ0n) is 9.22. The largest absolute Gasteiger partial charge is 0.501 e. The number of methoxy groups -OCH3 is 1. The van der Waals surface area contributed by atoms with Crippen LogP contribution in [0.25, 0.3) is 0 Å². The molecule has 0 saturated heterocycles. The maximum atomic E-state index is 11.0. The summed E-state index contributed by atoms with van der Waals surface area (Å²) in [6.07, 6.45) is 5.61. The van der Waals surface area contributed by atoms with Crippen LogP contribution < -0.4 is 0 Å². The third-order valence-corrected chi connectivity index (χ3v) is 2.51. The highest BCUT2D eigenvalue weighted by atomic mass is 16.5. The number of hydrogen-bond donors (Lipinski definition) is 0. The minimum Gasteiger partial charge on any atom is -0.501 e. The molecule has 0 amide bonds.